The number of aromatic nitrogens is 1. The predicted molar refractivity (Wildman–Crippen MR) is 72.4 cm³/mol. The standard InChI is InChI=1S/C12H15ClN2O2S/c1-2-10-7-9(8-11(13)14-10)12(16)15-3-5-18(17)6-4-15/h7-8H,2-6H2,1H3. The van der Waals surface area contributed by atoms with Crippen LogP contribution in [0.3, 0.4) is 0 Å². The number of carbonyl (C=O) groups is 1. The number of pyridine rings is 1. The van der Waals surface area contributed by atoms with Gasteiger partial charge in [-0.25, -0.2) is 4.98 Å². The molecule has 1 amide bonds. The summed E-state index contributed by atoms with van der Waals surface area (Å²) in [6.45, 7) is 3.07. The SMILES string of the molecule is CCc1cc(C(=O)N2CCS(=O)CC2)cc(Cl)n1. The Kier molecular flexibility index (Phi) is 4.35. The van der Waals surface area contributed by atoms with Gasteiger partial charge in [-0.3, -0.25) is 9.00 Å². The lowest BCUT2D eigenvalue weighted by molar-refractivity contribution is 0.0771. The second kappa shape index (κ2) is 5.80. The maximum atomic E-state index is 12.3. The van der Waals surface area contributed by atoms with Crippen LogP contribution in [0.25, 0.3) is 0 Å². The van der Waals surface area contributed by atoms with Gasteiger partial charge in [-0.2, -0.15) is 0 Å². The number of hydrogen-bond donors (Lipinski definition) is 0. The van der Waals surface area contributed by atoms with Crippen molar-refractivity contribution in [3.8, 4) is 0 Å². The summed E-state index contributed by atoms with van der Waals surface area (Å²) in [7, 11) is -0.777. The van der Waals surface area contributed by atoms with Gasteiger partial charge in [-0.15, -0.1) is 0 Å². The fraction of sp³-hybridized carbons (Fsp3) is 0.500. The van der Waals surface area contributed by atoms with Crippen molar-refractivity contribution < 1.29 is 9.00 Å². The van der Waals surface area contributed by atoms with Gasteiger partial charge in [0.05, 0.1) is 0 Å². The van der Waals surface area contributed by atoms with Crippen molar-refractivity contribution in [3.05, 3.63) is 28.5 Å². The summed E-state index contributed by atoms with van der Waals surface area (Å²) in [6.07, 6.45) is 0.741. The Labute approximate surface area is 114 Å². The lowest BCUT2D eigenvalue weighted by Crippen LogP contribution is -2.41. The van der Waals surface area contributed by atoms with Crippen LogP contribution in [0, 0.1) is 0 Å². The molecule has 1 saturated heterocycles. The molecule has 98 valence electrons. The van der Waals surface area contributed by atoms with Gasteiger partial charge in [-0.1, -0.05) is 18.5 Å². The highest BCUT2D eigenvalue weighted by atomic mass is 35.5. The molecule has 1 fully saturated rings. The minimum atomic E-state index is -0.777. The van der Waals surface area contributed by atoms with E-state index in [2.05, 4.69) is 4.98 Å². The smallest absolute Gasteiger partial charge is 0.254 e. The Morgan fingerprint density at radius 2 is 2.11 bits per heavy atom. The minimum Gasteiger partial charge on any atom is -0.337 e. The van der Waals surface area contributed by atoms with E-state index in [9.17, 15) is 9.00 Å². The second-order valence-corrected chi connectivity index (χ2v) is 6.25. The molecule has 0 aromatic carbocycles. The molecule has 1 aliphatic heterocycles. The number of carbonyl (C=O) groups excluding carboxylic acids is 1. The van der Waals surface area contributed by atoms with Crippen LogP contribution in [-0.4, -0.2) is 44.6 Å². The van der Waals surface area contributed by atoms with E-state index in [-0.39, 0.29) is 5.91 Å². The van der Waals surface area contributed by atoms with E-state index in [1.165, 1.54) is 0 Å². The van der Waals surface area contributed by atoms with Crippen LogP contribution >= 0.6 is 11.6 Å². The highest BCUT2D eigenvalue weighted by molar-refractivity contribution is 7.85. The average molecular weight is 287 g/mol. The molecule has 0 atom stereocenters. The fourth-order valence-corrected chi connectivity index (χ4v) is 3.16. The summed E-state index contributed by atoms with van der Waals surface area (Å²) >= 11 is 5.90. The molecule has 4 nitrogen and oxygen atoms in total. The number of nitrogens with zero attached hydrogens (tertiary/aromatic N) is 2. The van der Waals surface area contributed by atoms with E-state index in [1.807, 2.05) is 6.92 Å². The van der Waals surface area contributed by atoms with Gasteiger partial charge in [0.15, 0.2) is 0 Å². The van der Waals surface area contributed by atoms with Crippen molar-refractivity contribution in [2.24, 2.45) is 0 Å². The number of hydrogen-bond acceptors (Lipinski definition) is 3. The minimum absolute atomic E-state index is 0.0503. The molecule has 0 spiro atoms. The third-order valence-electron chi connectivity index (χ3n) is 2.92. The molecule has 1 aromatic rings. The summed E-state index contributed by atoms with van der Waals surface area (Å²) in [5.41, 5.74) is 1.38. The average Bonchev–Trinajstić information content (AvgIpc) is 2.38. The Balaban J connectivity index is 2.18. The first kappa shape index (κ1) is 13.5. The van der Waals surface area contributed by atoms with E-state index < -0.39 is 10.8 Å². The van der Waals surface area contributed by atoms with Gasteiger partial charge in [0, 0.05) is 46.7 Å². The van der Waals surface area contributed by atoms with Gasteiger partial charge < -0.3 is 4.90 Å². The van der Waals surface area contributed by atoms with Gasteiger partial charge in [0.2, 0.25) is 0 Å². The van der Waals surface area contributed by atoms with Gasteiger partial charge in [0.1, 0.15) is 5.15 Å². The molecule has 1 aliphatic rings. The van der Waals surface area contributed by atoms with Gasteiger partial charge in [0.25, 0.3) is 5.91 Å². The highest BCUT2D eigenvalue weighted by Crippen LogP contribution is 2.14. The van der Waals surface area contributed by atoms with Crippen molar-refractivity contribution in [2.45, 2.75) is 13.3 Å². The number of aryl methyl sites for hydroxylation is 1. The van der Waals surface area contributed by atoms with Crippen molar-refractivity contribution in [3.63, 3.8) is 0 Å². The number of amides is 1. The summed E-state index contributed by atoms with van der Waals surface area (Å²) in [5.74, 6) is 1.07. The molecule has 0 bridgehead atoms. The monoisotopic (exact) mass is 286 g/mol. The Bertz CT molecular complexity index is 483. The maximum Gasteiger partial charge on any atom is 0.254 e. The summed E-state index contributed by atoms with van der Waals surface area (Å²) < 4.78 is 11.3. The van der Waals surface area contributed by atoms with Crippen LogP contribution in [0.15, 0.2) is 12.1 Å². The third kappa shape index (κ3) is 3.09. The molecule has 6 heteroatoms. The van der Waals surface area contributed by atoms with E-state index in [1.54, 1.807) is 17.0 Å². The molecule has 0 unspecified atom stereocenters. The van der Waals surface area contributed by atoms with Crippen LogP contribution in [0.4, 0.5) is 0 Å². The molecule has 18 heavy (non-hydrogen) atoms. The molecule has 2 rings (SSSR count). The number of rotatable bonds is 2. The summed E-state index contributed by atoms with van der Waals surface area (Å²) in [4.78, 5) is 18.1. The van der Waals surface area contributed by atoms with Crippen LogP contribution < -0.4 is 0 Å². The molecule has 0 radical (unpaired) electrons. The van der Waals surface area contributed by atoms with Crippen molar-refractivity contribution in [1.29, 1.82) is 0 Å². The molecule has 1 aromatic heterocycles. The van der Waals surface area contributed by atoms with E-state index in [4.69, 9.17) is 11.6 Å². The molecule has 0 aliphatic carbocycles. The normalized spacial score (nSPS) is 16.9. The van der Waals surface area contributed by atoms with Gasteiger partial charge in [-0.05, 0) is 18.6 Å². The Hall–Kier alpha value is -0.940. The van der Waals surface area contributed by atoms with E-state index in [0.29, 0.717) is 35.3 Å². The number of halogens is 1. The van der Waals surface area contributed by atoms with Crippen LogP contribution in [0.5, 0.6) is 0 Å². The van der Waals surface area contributed by atoms with Crippen molar-refractivity contribution in [1.82, 2.24) is 9.88 Å². The van der Waals surface area contributed by atoms with Gasteiger partial charge >= 0.3 is 0 Å². The Morgan fingerprint density at radius 1 is 1.44 bits per heavy atom. The maximum absolute atomic E-state index is 12.3. The molecular weight excluding hydrogens is 272 g/mol. The molecular formula is C12H15ClN2O2S. The topological polar surface area (TPSA) is 50.3 Å². The molecule has 2 heterocycles. The van der Waals surface area contributed by atoms with E-state index in [0.717, 1.165) is 12.1 Å². The van der Waals surface area contributed by atoms with Crippen molar-refractivity contribution in [2.75, 3.05) is 24.6 Å². The van der Waals surface area contributed by atoms with Crippen LogP contribution in [-0.2, 0) is 17.2 Å². The van der Waals surface area contributed by atoms with Crippen LogP contribution in [0.1, 0.15) is 23.0 Å². The quantitative estimate of drug-likeness (QED) is 0.774. The summed E-state index contributed by atoms with van der Waals surface area (Å²) in [5, 5.41) is 0.346. The highest BCUT2D eigenvalue weighted by Gasteiger charge is 2.21. The zero-order valence-electron chi connectivity index (χ0n) is 10.2. The summed E-state index contributed by atoms with van der Waals surface area (Å²) in [6, 6.07) is 3.37. The zero-order chi connectivity index (χ0) is 13.1. The third-order valence-corrected chi connectivity index (χ3v) is 4.39. The van der Waals surface area contributed by atoms with Crippen LogP contribution in [0.2, 0.25) is 5.15 Å². The van der Waals surface area contributed by atoms with Crippen molar-refractivity contribution >= 4 is 28.3 Å². The molecule has 0 N–H and O–H groups in total. The van der Waals surface area contributed by atoms with E-state index >= 15 is 0 Å². The predicted octanol–water partition coefficient (Wildman–Crippen LogP) is 1.50. The largest absolute Gasteiger partial charge is 0.337 e. The first-order chi connectivity index (χ1) is 8.60. The first-order valence-electron chi connectivity index (χ1n) is 5.91. The second-order valence-electron chi connectivity index (χ2n) is 4.16. The lowest BCUT2D eigenvalue weighted by atomic mass is 10.2. The first-order valence-corrected chi connectivity index (χ1v) is 7.77. The molecule has 0 saturated carbocycles. The Morgan fingerprint density at radius 3 is 2.72 bits per heavy atom. The lowest BCUT2D eigenvalue weighted by Gasteiger charge is -2.26. The zero-order valence-corrected chi connectivity index (χ0v) is 11.8. The fourth-order valence-electron chi connectivity index (χ4n) is 1.88.